The summed E-state index contributed by atoms with van der Waals surface area (Å²) in [5.41, 5.74) is 0.0546. The van der Waals surface area contributed by atoms with Gasteiger partial charge in [0, 0.05) is 12.0 Å². The highest BCUT2D eigenvalue weighted by Crippen LogP contribution is 2.32. The lowest BCUT2D eigenvalue weighted by atomic mass is 10.1. The Balaban J connectivity index is 2.09. The summed E-state index contributed by atoms with van der Waals surface area (Å²) in [6.45, 7) is 0.830. The maximum Gasteiger partial charge on any atom is 0.573 e. The first kappa shape index (κ1) is 14.1. The molecule has 19 heavy (non-hydrogen) atoms. The predicted molar refractivity (Wildman–Crippen MR) is 58.4 cm³/mol. The van der Waals surface area contributed by atoms with Crippen LogP contribution in [0.4, 0.5) is 13.2 Å². The summed E-state index contributed by atoms with van der Waals surface area (Å²) in [6.07, 6.45) is -6.50. The maximum absolute atomic E-state index is 12.2. The number of hydrogen-bond donors (Lipinski definition) is 1. The van der Waals surface area contributed by atoms with Crippen molar-refractivity contribution < 1.29 is 32.5 Å². The van der Waals surface area contributed by atoms with Gasteiger partial charge in [0.15, 0.2) is 6.29 Å². The fourth-order valence-electron chi connectivity index (χ4n) is 1.83. The Hall–Kier alpha value is -1.31. The summed E-state index contributed by atoms with van der Waals surface area (Å²) < 4.78 is 50.9. The zero-order valence-electron chi connectivity index (χ0n) is 9.89. The van der Waals surface area contributed by atoms with E-state index in [2.05, 4.69) is 4.74 Å². The molecule has 2 rings (SSSR count). The molecule has 0 spiro atoms. The van der Waals surface area contributed by atoms with Crippen LogP contribution < -0.4 is 4.74 Å². The fourth-order valence-corrected chi connectivity index (χ4v) is 1.83. The van der Waals surface area contributed by atoms with Crippen molar-refractivity contribution in [2.45, 2.75) is 25.2 Å². The molecule has 0 radical (unpaired) electrons. The summed E-state index contributed by atoms with van der Waals surface area (Å²) in [5, 5.41) is 9.95. The molecule has 106 valence electrons. The van der Waals surface area contributed by atoms with E-state index in [4.69, 9.17) is 9.47 Å². The lowest BCUT2D eigenvalue weighted by Crippen LogP contribution is -2.19. The van der Waals surface area contributed by atoms with E-state index in [-0.39, 0.29) is 12.0 Å². The van der Waals surface area contributed by atoms with E-state index in [1.54, 1.807) is 0 Å². The monoisotopic (exact) mass is 278 g/mol. The number of ether oxygens (including phenoxy) is 3. The Morgan fingerprint density at radius 1 is 1.26 bits per heavy atom. The number of alkyl halides is 3. The van der Waals surface area contributed by atoms with E-state index < -0.39 is 24.5 Å². The first-order chi connectivity index (χ1) is 8.96. The van der Waals surface area contributed by atoms with Crippen LogP contribution in [0.2, 0.25) is 0 Å². The molecule has 1 saturated heterocycles. The average Bonchev–Trinajstić information content (AvgIpc) is 2.80. The van der Waals surface area contributed by atoms with Gasteiger partial charge in [-0.2, -0.15) is 0 Å². The summed E-state index contributed by atoms with van der Waals surface area (Å²) >= 11 is 0. The van der Waals surface area contributed by atoms with E-state index in [9.17, 15) is 18.3 Å². The lowest BCUT2D eigenvalue weighted by Gasteiger charge is -2.19. The highest BCUT2D eigenvalue weighted by atomic mass is 19.4. The van der Waals surface area contributed by atoms with Crippen LogP contribution >= 0.6 is 0 Å². The number of para-hydroxylation sites is 1. The standard InChI is InChI=1S/C12H13F3O4/c13-12(14,15)19-10-4-2-1-3-8(10)9(16)7-11-17-5-6-18-11/h1-4,9,11,16H,5-7H2. The van der Waals surface area contributed by atoms with Crippen LogP contribution in [0.25, 0.3) is 0 Å². The van der Waals surface area contributed by atoms with Crippen molar-refractivity contribution in [3.63, 3.8) is 0 Å². The molecular weight excluding hydrogens is 265 g/mol. The zero-order chi connectivity index (χ0) is 13.9. The molecule has 1 aliphatic heterocycles. The van der Waals surface area contributed by atoms with Crippen LogP contribution in [-0.2, 0) is 9.47 Å². The summed E-state index contributed by atoms with van der Waals surface area (Å²) in [7, 11) is 0. The molecular formula is C12H13F3O4. The number of aliphatic hydroxyl groups excluding tert-OH is 1. The van der Waals surface area contributed by atoms with E-state index >= 15 is 0 Å². The van der Waals surface area contributed by atoms with Crippen molar-refractivity contribution in [2.75, 3.05) is 13.2 Å². The minimum Gasteiger partial charge on any atom is -0.405 e. The lowest BCUT2D eigenvalue weighted by molar-refractivity contribution is -0.275. The number of rotatable bonds is 4. The van der Waals surface area contributed by atoms with Gasteiger partial charge in [0.1, 0.15) is 5.75 Å². The molecule has 0 saturated carbocycles. The maximum atomic E-state index is 12.2. The smallest absolute Gasteiger partial charge is 0.405 e. The first-order valence-electron chi connectivity index (χ1n) is 5.71. The van der Waals surface area contributed by atoms with Crippen molar-refractivity contribution in [3.8, 4) is 5.75 Å². The SMILES string of the molecule is OC(CC1OCCO1)c1ccccc1OC(F)(F)F. The van der Waals surface area contributed by atoms with Crippen LogP contribution in [0.5, 0.6) is 5.75 Å². The van der Waals surface area contributed by atoms with Crippen LogP contribution in [0.1, 0.15) is 18.1 Å². The molecule has 1 aliphatic rings. The molecule has 1 fully saturated rings. The van der Waals surface area contributed by atoms with Gasteiger partial charge in [-0.25, -0.2) is 0 Å². The summed E-state index contributed by atoms with van der Waals surface area (Å²) in [6, 6.07) is 5.46. The van der Waals surface area contributed by atoms with Crippen molar-refractivity contribution in [1.29, 1.82) is 0 Å². The van der Waals surface area contributed by atoms with Crippen LogP contribution in [-0.4, -0.2) is 31.0 Å². The normalized spacial score (nSPS) is 18.5. The zero-order valence-corrected chi connectivity index (χ0v) is 9.89. The largest absolute Gasteiger partial charge is 0.573 e. The molecule has 1 N–H and O–H groups in total. The van der Waals surface area contributed by atoms with Crippen LogP contribution in [0.3, 0.4) is 0 Å². The fraction of sp³-hybridized carbons (Fsp3) is 0.500. The number of halogens is 3. The second-order valence-electron chi connectivity index (χ2n) is 4.01. The highest BCUT2D eigenvalue weighted by molar-refractivity contribution is 5.35. The summed E-state index contributed by atoms with van der Waals surface area (Å²) in [4.78, 5) is 0. The average molecular weight is 278 g/mol. The van der Waals surface area contributed by atoms with Gasteiger partial charge in [0.05, 0.1) is 19.3 Å². The number of aliphatic hydroxyl groups is 1. The Bertz CT molecular complexity index is 416. The van der Waals surface area contributed by atoms with Gasteiger partial charge in [-0.1, -0.05) is 18.2 Å². The van der Waals surface area contributed by atoms with Crippen molar-refractivity contribution in [2.24, 2.45) is 0 Å². The number of benzene rings is 1. The van der Waals surface area contributed by atoms with Crippen molar-refractivity contribution in [1.82, 2.24) is 0 Å². The Morgan fingerprint density at radius 3 is 2.53 bits per heavy atom. The highest BCUT2D eigenvalue weighted by Gasteiger charge is 2.33. The first-order valence-corrected chi connectivity index (χ1v) is 5.71. The third-order valence-corrected chi connectivity index (χ3v) is 2.61. The molecule has 1 heterocycles. The molecule has 0 bridgehead atoms. The second kappa shape index (κ2) is 5.77. The second-order valence-corrected chi connectivity index (χ2v) is 4.01. The Morgan fingerprint density at radius 2 is 1.89 bits per heavy atom. The van der Waals surface area contributed by atoms with Crippen LogP contribution in [0, 0.1) is 0 Å². The molecule has 7 heteroatoms. The van der Waals surface area contributed by atoms with Crippen molar-refractivity contribution in [3.05, 3.63) is 29.8 Å². The van der Waals surface area contributed by atoms with Gasteiger partial charge in [-0.05, 0) is 6.07 Å². The van der Waals surface area contributed by atoms with Gasteiger partial charge >= 0.3 is 6.36 Å². The van der Waals surface area contributed by atoms with Crippen LogP contribution in [0.15, 0.2) is 24.3 Å². The van der Waals surface area contributed by atoms with E-state index in [1.165, 1.54) is 18.2 Å². The summed E-state index contributed by atoms with van der Waals surface area (Å²) in [5.74, 6) is -0.416. The quantitative estimate of drug-likeness (QED) is 0.918. The third-order valence-electron chi connectivity index (χ3n) is 2.61. The number of hydrogen-bond acceptors (Lipinski definition) is 4. The molecule has 0 aliphatic carbocycles. The molecule has 1 aromatic carbocycles. The van der Waals surface area contributed by atoms with E-state index in [0.717, 1.165) is 6.07 Å². The van der Waals surface area contributed by atoms with Gasteiger partial charge < -0.3 is 19.3 Å². The van der Waals surface area contributed by atoms with E-state index in [0.29, 0.717) is 13.2 Å². The Labute approximate surface area is 107 Å². The van der Waals surface area contributed by atoms with E-state index in [1.807, 2.05) is 0 Å². The minimum absolute atomic E-state index is 0.0538. The predicted octanol–water partition coefficient (Wildman–Crippen LogP) is 2.38. The third kappa shape index (κ3) is 4.09. The van der Waals surface area contributed by atoms with Gasteiger partial charge in [0.2, 0.25) is 0 Å². The van der Waals surface area contributed by atoms with Gasteiger partial charge in [-0.3, -0.25) is 0 Å². The van der Waals surface area contributed by atoms with Gasteiger partial charge in [0.25, 0.3) is 0 Å². The Kier molecular flexibility index (Phi) is 4.28. The molecule has 0 amide bonds. The molecule has 0 aromatic heterocycles. The molecule has 1 aromatic rings. The molecule has 4 nitrogen and oxygen atoms in total. The van der Waals surface area contributed by atoms with Gasteiger partial charge in [-0.15, -0.1) is 13.2 Å². The molecule has 1 unspecified atom stereocenters. The minimum atomic E-state index is -4.80. The molecule has 1 atom stereocenters. The topological polar surface area (TPSA) is 47.9 Å². The van der Waals surface area contributed by atoms with Crippen molar-refractivity contribution >= 4 is 0 Å².